The number of benzene rings is 3. The molecule has 0 aliphatic rings. The number of nitrogens with one attached hydrogen (secondary N) is 1. The molecule has 0 heterocycles. The predicted molar refractivity (Wildman–Crippen MR) is 110 cm³/mol. The van der Waals surface area contributed by atoms with Crippen LogP contribution >= 0.6 is 0 Å². The smallest absolute Gasteiger partial charge is 0.343 e. The summed E-state index contributed by atoms with van der Waals surface area (Å²) in [6.07, 6.45) is 1.49. The highest BCUT2D eigenvalue weighted by atomic mass is 16.5. The lowest BCUT2D eigenvalue weighted by Crippen LogP contribution is -2.24. The van der Waals surface area contributed by atoms with Gasteiger partial charge in [0.1, 0.15) is 11.5 Å². The first-order valence-corrected chi connectivity index (χ1v) is 8.99. The highest BCUT2D eigenvalue weighted by Crippen LogP contribution is 2.14. The van der Waals surface area contributed by atoms with Crippen LogP contribution in [-0.4, -0.2) is 24.7 Å². The summed E-state index contributed by atoms with van der Waals surface area (Å²) < 4.78 is 10.7. The third-order valence-electron chi connectivity index (χ3n) is 3.89. The molecule has 3 rings (SSSR count). The van der Waals surface area contributed by atoms with Crippen LogP contribution in [0.2, 0.25) is 0 Å². The Bertz CT molecular complexity index is 982. The maximum atomic E-state index is 12.0. The van der Waals surface area contributed by atoms with Gasteiger partial charge in [0, 0.05) is 0 Å². The monoisotopic (exact) mass is 388 g/mol. The summed E-state index contributed by atoms with van der Waals surface area (Å²) in [7, 11) is 0. The lowest BCUT2D eigenvalue weighted by molar-refractivity contribution is -0.123. The standard InChI is InChI=1S/C23H20N2O4/c1-17-7-11-20(12-8-17)28-16-22(26)25-24-15-18-9-13-21(14-10-18)29-23(27)19-5-3-2-4-6-19/h2-15H,16H2,1H3,(H,25,26)/b24-15+. The Kier molecular flexibility index (Phi) is 6.73. The van der Waals surface area contributed by atoms with Crippen molar-refractivity contribution in [1.29, 1.82) is 0 Å². The van der Waals surface area contributed by atoms with Gasteiger partial charge in [0.05, 0.1) is 11.8 Å². The molecule has 0 bridgehead atoms. The van der Waals surface area contributed by atoms with E-state index in [9.17, 15) is 9.59 Å². The Morgan fingerprint density at radius 2 is 1.55 bits per heavy atom. The van der Waals surface area contributed by atoms with E-state index in [0.29, 0.717) is 17.1 Å². The number of aryl methyl sites for hydroxylation is 1. The van der Waals surface area contributed by atoms with Gasteiger partial charge in [0.15, 0.2) is 6.61 Å². The first-order chi connectivity index (χ1) is 14.1. The summed E-state index contributed by atoms with van der Waals surface area (Å²) in [5, 5.41) is 3.89. The summed E-state index contributed by atoms with van der Waals surface area (Å²) >= 11 is 0. The van der Waals surface area contributed by atoms with Crippen molar-refractivity contribution in [3.05, 3.63) is 95.6 Å². The molecule has 1 amide bonds. The molecule has 0 unspecified atom stereocenters. The molecule has 1 N–H and O–H groups in total. The van der Waals surface area contributed by atoms with Crippen molar-refractivity contribution in [3.63, 3.8) is 0 Å². The van der Waals surface area contributed by atoms with Crippen molar-refractivity contribution in [2.24, 2.45) is 5.10 Å². The second-order valence-corrected chi connectivity index (χ2v) is 6.22. The van der Waals surface area contributed by atoms with Gasteiger partial charge in [-0.2, -0.15) is 5.10 Å². The van der Waals surface area contributed by atoms with Crippen LogP contribution in [0.15, 0.2) is 84.0 Å². The Labute approximate surface area is 168 Å². The lowest BCUT2D eigenvalue weighted by atomic mass is 10.2. The third-order valence-corrected chi connectivity index (χ3v) is 3.89. The second kappa shape index (κ2) is 9.85. The van der Waals surface area contributed by atoms with Gasteiger partial charge in [-0.1, -0.05) is 35.9 Å². The van der Waals surface area contributed by atoms with Crippen LogP contribution in [0.5, 0.6) is 11.5 Å². The maximum absolute atomic E-state index is 12.0. The van der Waals surface area contributed by atoms with E-state index in [1.54, 1.807) is 60.7 Å². The van der Waals surface area contributed by atoms with Crippen LogP contribution in [-0.2, 0) is 4.79 Å². The minimum absolute atomic E-state index is 0.130. The van der Waals surface area contributed by atoms with Gasteiger partial charge in [-0.05, 0) is 61.0 Å². The molecule has 29 heavy (non-hydrogen) atoms. The number of carbonyl (C=O) groups excluding carboxylic acids is 2. The number of rotatable bonds is 7. The van der Waals surface area contributed by atoms with Crippen molar-refractivity contribution in [2.75, 3.05) is 6.61 Å². The van der Waals surface area contributed by atoms with Crippen LogP contribution in [0, 0.1) is 6.92 Å². The van der Waals surface area contributed by atoms with Gasteiger partial charge in [0.2, 0.25) is 0 Å². The number of hydrazone groups is 1. The molecule has 0 saturated heterocycles. The van der Waals surface area contributed by atoms with E-state index >= 15 is 0 Å². The summed E-state index contributed by atoms with van der Waals surface area (Å²) in [5.74, 6) is 0.255. The SMILES string of the molecule is Cc1ccc(OCC(=O)N/N=C/c2ccc(OC(=O)c3ccccc3)cc2)cc1. The van der Waals surface area contributed by atoms with E-state index in [2.05, 4.69) is 10.5 Å². The first kappa shape index (κ1) is 19.8. The van der Waals surface area contributed by atoms with Gasteiger partial charge in [-0.15, -0.1) is 0 Å². The molecule has 6 heteroatoms. The quantitative estimate of drug-likeness (QED) is 0.289. The molecule has 0 spiro atoms. The minimum atomic E-state index is -0.423. The molecule has 3 aromatic rings. The highest BCUT2D eigenvalue weighted by molar-refractivity contribution is 5.91. The van der Waals surface area contributed by atoms with Crippen LogP contribution in [0.1, 0.15) is 21.5 Å². The summed E-state index contributed by atoms with van der Waals surface area (Å²) in [5.41, 5.74) is 4.74. The van der Waals surface area contributed by atoms with Gasteiger partial charge >= 0.3 is 5.97 Å². The second-order valence-electron chi connectivity index (χ2n) is 6.22. The number of nitrogens with zero attached hydrogens (tertiary/aromatic N) is 1. The van der Waals surface area contributed by atoms with Gasteiger partial charge in [-0.3, -0.25) is 4.79 Å². The summed E-state index contributed by atoms with van der Waals surface area (Å²) in [6, 6.07) is 23.0. The maximum Gasteiger partial charge on any atom is 0.343 e. The zero-order valence-electron chi connectivity index (χ0n) is 15.9. The van der Waals surface area contributed by atoms with E-state index < -0.39 is 5.97 Å². The van der Waals surface area contributed by atoms with E-state index in [0.717, 1.165) is 11.1 Å². The number of esters is 1. The molecule has 0 aliphatic heterocycles. The number of carbonyl (C=O) groups is 2. The fourth-order valence-corrected chi connectivity index (χ4v) is 2.36. The Hall–Kier alpha value is -3.93. The third kappa shape index (κ3) is 6.32. The molecule has 0 saturated carbocycles. The normalized spacial score (nSPS) is 10.5. The predicted octanol–water partition coefficient (Wildman–Crippen LogP) is 3.74. The molecular formula is C23H20N2O4. The number of amides is 1. The van der Waals surface area contributed by atoms with Crippen LogP contribution in [0.3, 0.4) is 0 Å². The molecular weight excluding hydrogens is 368 g/mol. The van der Waals surface area contributed by atoms with Gasteiger partial charge < -0.3 is 9.47 Å². The van der Waals surface area contributed by atoms with E-state index in [1.807, 2.05) is 25.1 Å². The highest BCUT2D eigenvalue weighted by Gasteiger charge is 2.07. The summed E-state index contributed by atoms with van der Waals surface area (Å²) in [4.78, 5) is 23.8. The Morgan fingerprint density at radius 3 is 2.24 bits per heavy atom. The van der Waals surface area contributed by atoms with Gasteiger partial charge in [0.25, 0.3) is 5.91 Å². The minimum Gasteiger partial charge on any atom is -0.484 e. The Balaban J connectivity index is 1.45. The fourth-order valence-electron chi connectivity index (χ4n) is 2.36. The van der Waals surface area contributed by atoms with Crippen LogP contribution < -0.4 is 14.9 Å². The molecule has 0 aromatic heterocycles. The van der Waals surface area contributed by atoms with Crippen molar-refractivity contribution < 1.29 is 19.1 Å². The average molecular weight is 388 g/mol. The summed E-state index contributed by atoms with van der Waals surface area (Å²) in [6.45, 7) is 1.85. The van der Waals surface area contributed by atoms with E-state index in [4.69, 9.17) is 9.47 Å². The molecule has 0 atom stereocenters. The molecule has 0 radical (unpaired) electrons. The first-order valence-electron chi connectivity index (χ1n) is 8.99. The van der Waals surface area contributed by atoms with Crippen molar-refractivity contribution in [3.8, 4) is 11.5 Å². The lowest BCUT2D eigenvalue weighted by Gasteiger charge is -2.05. The zero-order chi connectivity index (χ0) is 20.5. The molecule has 146 valence electrons. The average Bonchev–Trinajstić information content (AvgIpc) is 2.75. The zero-order valence-corrected chi connectivity index (χ0v) is 15.9. The van der Waals surface area contributed by atoms with Crippen molar-refractivity contribution >= 4 is 18.1 Å². The largest absolute Gasteiger partial charge is 0.484 e. The Morgan fingerprint density at radius 1 is 0.897 bits per heavy atom. The molecule has 6 nitrogen and oxygen atoms in total. The number of hydrogen-bond acceptors (Lipinski definition) is 5. The van der Waals surface area contributed by atoms with Crippen molar-refractivity contribution in [1.82, 2.24) is 5.43 Å². The fraction of sp³-hybridized carbons (Fsp3) is 0.0870. The van der Waals surface area contributed by atoms with E-state index in [-0.39, 0.29) is 12.5 Å². The van der Waals surface area contributed by atoms with Crippen molar-refractivity contribution in [2.45, 2.75) is 6.92 Å². The van der Waals surface area contributed by atoms with Gasteiger partial charge in [-0.25, -0.2) is 10.2 Å². The molecule has 3 aromatic carbocycles. The molecule has 0 aliphatic carbocycles. The number of ether oxygens (including phenoxy) is 2. The van der Waals surface area contributed by atoms with Crippen LogP contribution in [0.4, 0.5) is 0 Å². The molecule has 0 fully saturated rings. The number of hydrogen-bond donors (Lipinski definition) is 1. The van der Waals surface area contributed by atoms with E-state index in [1.165, 1.54) is 6.21 Å². The topological polar surface area (TPSA) is 77.0 Å². The van der Waals surface area contributed by atoms with Crippen LogP contribution in [0.25, 0.3) is 0 Å².